The van der Waals surface area contributed by atoms with Crippen LogP contribution in [0.5, 0.6) is 0 Å². The van der Waals surface area contributed by atoms with Gasteiger partial charge in [0.25, 0.3) is 0 Å². The van der Waals surface area contributed by atoms with Crippen molar-refractivity contribution in [1.29, 1.82) is 0 Å². The summed E-state index contributed by atoms with van der Waals surface area (Å²) in [5, 5.41) is 0. The predicted octanol–water partition coefficient (Wildman–Crippen LogP) is 4.93. The number of Topliss-reactive ketones (excluding diaryl/α,β-unsaturated/α-hetero) is 1. The molecule has 0 radical (unpaired) electrons. The lowest BCUT2D eigenvalue weighted by atomic mass is 10.1. The topological polar surface area (TPSA) is 38.7 Å². The van der Waals surface area contributed by atoms with E-state index in [1.54, 1.807) is 14.0 Å². The molecule has 0 aromatic rings. The molecule has 0 spiro atoms. The van der Waals surface area contributed by atoms with Gasteiger partial charge in [-0.1, -0.05) is 64.7 Å². The molecular weight excluding hydrogens is 250 g/mol. The molecule has 118 valence electrons. The van der Waals surface area contributed by atoms with Gasteiger partial charge in [0.1, 0.15) is 5.78 Å². The van der Waals surface area contributed by atoms with E-state index in [4.69, 9.17) is 4.74 Å². The molecule has 0 unspecified atom stereocenters. The zero-order chi connectivity index (χ0) is 15.1. The molecule has 0 aromatic heterocycles. The SMILES string of the molecule is CCCCCCCCCCCCN=C(CC(C)=O)OC. The van der Waals surface area contributed by atoms with Crippen LogP contribution in [0.25, 0.3) is 0 Å². The van der Waals surface area contributed by atoms with Gasteiger partial charge in [0.2, 0.25) is 0 Å². The molecule has 0 aliphatic carbocycles. The van der Waals surface area contributed by atoms with Crippen LogP contribution < -0.4 is 0 Å². The van der Waals surface area contributed by atoms with Crippen LogP contribution >= 0.6 is 0 Å². The van der Waals surface area contributed by atoms with E-state index in [-0.39, 0.29) is 5.78 Å². The normalized spacial score (nSPS) is 11.7. The van der Waals surface area contributed by atoms with Crippen molar-refractivity contribution in [2.45, 2.75) is 84.5 Å². The lowest BCUT2D eigenvalue weighted by Crippen LogP contribution is -2.07. The summed E-state index contributed by atoms with van der Waals surface area (Å²) in [6.45, 7) is 4.61. The maximum atomic E-state index is 11.0. The van der Waals surface area contributed by atoms with Crippen LogP contribution in [0.1, 0.15) is 84.5 Å². The Morgan fingerprint density at radius 1 is 0.900 bits per heavy atom. The van der Waals surface area contributed by atoms with Crippen LogP contribution in [0.2, 0.25) is 0 Å². The Balaban J connectivity index is 3.34. The standard InChI is InChI=1S/C17H33NO2/c1-4-5-6-7-8-9-10-11-12-13-14-18-17(20-3)15-16(2)19/h4-15H2,1-3H3. The molecular formula is C17H33NO2. The van der Waals surface area contributed by atoms with Gasteiger partial charge < -0.3 is 4.74 Å². The number of nitrogens with zero attached hydrogens (tertiary/aromatic N) is 1. The number of aliphatic imine (C=N–C) groups is 1. The number of hydrogen-bond donors (Lipinski definition) is 0. The average molecular weight is 283 g/mol. The Bertz CT molecular complexity index is 262. The van der Waals surface area contributed by atoms with Gasteiger partial charge in [-0.25, -0.2) is 0 Å². The molecule has 0 atom stereocenters. The molecule has 0 bridgehead atoms. The van der Waals surface area contributed by atoms with E-state index in [2.05, 4.69) is 11.9 Å². The van der Waals surface area contributed by atoms with Crippen molar-refractivity contribution in [1.82, 2.24) is 0 Å². The summed E-state index contributed by atoms with van der Waals surface area (Å²) in [5.41, 5.74) is 0. The summed E-state index contributed by atoms with van der Waals surface area (Å²) in [6, 6.07) is 0. The van der Waals surface area contributed by atoms with Gasteiger partial charge in [-0.05, 0) is 13.3 Å². The van der Waals surface area contributed by atoms with Gasteiger partial charge in [0.05, 0.1) is 13.5 Å². The van der Waals surface area contributed by atoms with Crippen molar-refractivity contribution >= 4 is 11.7 Å². The summed E-state index contributed by atoms with van der Waals surface area (Å²) in [5.74, 6) is 0.682. The summed E-state index contributed by atoms with van der Waals surface area (Å²) >= 11 is 0. The maximum Gasteiger partial charge on any atom is 0.190 e. The van der Waals surface area contributed by atoms with Crippen molar-refractivity contribution in [3.05, 3.63) is 0 Å². The minimum Gasteiger partial charge on any atom is -0.484 e. The molecule has 0 aliphatic heterocycles. The molecule has 0 heterocycles. The van der Waals surface area contributed by atoms with Gasteiger partial charge in [-0.2, -0.15) is 0 Å². The number of hydrogen-bond acceptors (Lipinski definition) is 3. The van der Waals surface area contributed by atoms with Crippen molar-refractivity contribution in [3.8, 4) is 0 Å². The number of carbonyl (C=O) groups is 1. The Morgan fingerprint density at radius 2 is 1.40 bits per heavy atom. The highest BCUT2D eigenvalue weighted by Crippen LogP contribution is 2.10. The molecule has 3 nitrogen and oxygen atoms in total. The molecule has 0 amide bonds. The average Bonchev–Trinajstić information content (AvgIpc) is 2.43. The molecule has 0 saturated heterocycles. The third kappa shape index (κ3) is 13.6. The summed E-state index contributed by atoms with van der Waals surface area (Å²) in [6.07, 6.45) is 13.6. The molecule has 0 aliphatic rings. The first kappa shape index (κ1) is 19.1. The van der Waals surface area contributed by atoms with Crippen LogP contribution in [-0.4, -0.2) is 25.3 Å². The smallest absolute Gasteiger partial charge is 0.190 e. The minimum absolute atomic E-state index is 0.105. The van der Waals surface area contributed by atoms with E-state index in [0.717, 1.165) is 13.0 Å². The van der Waals surface area contributed by atoms with Crippen LogP contribution in [0.3, 0.4) is 0 Å². The van der Waals surface area contributed by atoms with Crippen LogP contribution in [0, 0.1) is 0 Å². The number of ether oxygens (including phenoxy) is 1. The second-order valence-corrected chi connectivity index (χ2v) is 5.54. The van der Waals surface area contributed by atoms with E-state index in [1.807, 2.05) is 0 Å². The highest BCUT2D eigenvalue weighted by Gasteiger charge is 2.01. The number of rotatable bonds is 13. The van der Waals surface area contributed by atoms with Crippen LogP contribution in [0.15, 0.2) is 4.99 Å². The molecule has 0 saturated carbocycles. The van der Waals surface area contributed by atoms with Crippen molar-refractivity contribution in [2.75, 3.05) is 13.7 Å². The zero-order valence-electron chi connectivity index (χ0n) is 13.7. The molecule has 0 rings (SSSR count). The largest absolute Gasteiger partial charge is 0.484 e. The molecule has 20 heavy (non-hydrogen) atoms. The number of ketones is 1. The quantitative estimate of drug-likeness (QED) is 0.273. The van der Waals surface area contributed by atoms with Gasteiger partial charge >= 0.3 is 0 Å². The van der Waals surface area contributed by atoms with Crippen molar-refractivity contribution in [2.24, 2.45) is 4.99 Å². The number of carbonyl (C=O) groups excluding carboxylic acids is 1. The number of unbranched alkanes of at least 4 members (excludes halogenated alkanes) is 9. The Morgan fingerprint density at radius 3 is 1.85 bits per heavy atom. The predicted molar refractivity (Wildman–Crippen MR) is 86.5 cm³/mol. The summed E-state index contributed by atoms with van der Waals surface area (Å²) < 4.78 is 5.08. The Hall–Kier alpha value is -0.860. The zero-order valence-corrected chi connectivity index (χ0v) is 13.7. The third-order valence-electron chi connectivity index (χ3n) is 3.44. The van der Waals surface area contributed by atoms with Crippen molar-refractivity contribution < 1.29 is 9.53 Å². The maximum absolute atomic E-state index is 11.0. The van der Waals surface area contributed by atoms with E-state index in [0.29, 0.717) is 12.3 Å². The molecule has 0 aromatic carbocycles. The van der Waals surface area contributed by atoms with E-state index in [9.17, 15) is 4.79 Å². The monoisotopic (exact) mass is 283 g/mol. The lowest BCUT2D eigenvalue weighted by Gasteiger charge is -2.03. The first-order valence-corrected chi connectivity index (χ1v) is 8.27. The second-order valence-electron chi connectivity index (χ2n) is 5.54. The van der Waals surface area contributed by atoms with Gasteiger partial charge in [-0.3, -0.25) is 9.79 Å². The van der Waals surface area contributed by atoms with Gasteiger partial charge in [-0.15, -0.1) is 0 Å². The first-order chi connectivity index (χ1) is 9.70. The van der Waals surface area contributed by atoms with E-state index in [1.165, 1.54) is 57.8 Å². The second kappa shape index (κ2) is 14.5. The Kier molecular flexibility index (Phi) is 13.9. The fourth-order valence-corrected chi connectivity index (χ4v) is 2.21. The molecule has 0 N–H and O–H groups in total. The van der Waals surface area contributed by atoms with E-state index >= 15 is 0 Å². The minimum atomic E-state index is 0.105. The Labute approximate surface area is 125 Å². The first-order valence-electron chi connectivity index (χ1n) is 8.27. The lowest BCUT2D eigenvalue weighted by molar-refractivity contribution is -0.116. The highest BCUT2D eigenvalue weighted by atomic mass is 16.5. The van der Waals surface area contributed by atoms with Gasteiger partial charge in [0, 0.05) is 6.54 Å². The highest BCUT2D eigenvalue weighted by molar-refractivity contribution is 5.96. The fourth-order valence-electron chi connectivity index (χ4n) is 2.21. The third-order valence-corrected chi connectivity index (χ3v) is 3.44. The van der Waals surface area contributed by atoms with Gasteiger partial charge in [0.15, 0.2) is 5.90 Å². The van der Waals surface area contributed by atoms with Crippen LogP contribution in [-0.2, 0) is 9.53 Å². The molecule has 0 fully saturated rings. The fraction of sp³-hybridized carbons (Fsp3) is 0.882. The summed E-state index contributed by atoms with van der Waals surface area (Å²) in [4.78, 5) is 15.3. The van der Waals surface area contributed by atoms with Crippen molar-refractivity contribution in [3.63, 3.8) is 0 Å². The number of methoxy groups -OCH3 is 1. The summed E-state index contributed by atoms with van der Waals surface area (Å²) in [7, 11) is 1.58. The van der Waals surface area contributed by atoms with E-state index < -0.39 is 0 Å². The molecule has 3 heteroatoms. The van der Waals surface area contributed by atoms with Crippen LogP contribution in [0.4, 0.5) is 0 Å².